The van der Waals surface area contributed by atoms with E-state index in [1.165, 1.54) is 24.8 Å². The van der Waals surface area contributed by atoms with Gasteiger partial charge in [0.15, 0.2) is 0 Å². The Hall–Kier alpha value is -0.820. The van der Waals surface area contributed by atoms with Gasteiger partial charge in [-0.3, -0.25) is 0 Å². The van der Waals surface area contributed by atoms with Crippen molar-refractivity contribution in [2.24, 2.45) is 11.8 Å². The van der Waals surface area contributed by atoms with Crippen LogP contribution in [0.1, 0.15) is 51.0 Å². The number of hydrogen-bond acceptors (Lipinski definition) is 1. The molecule has 1 aromatic rings. The van der Waals surface area contributed by atoms with Crippen molar-refractivity contribution in [2.75, 3.05) is 0 Å². The Morgan fingerprint density at radius 1 is 1.18 bits per heavy atom. The van der Waals surface area contributed by atoms with E-state index < -0.39 is 0 Å². The molecule has 1 aliphatic rings. The molecule has 0 aromatic heterocycles. The fourth-order valence-electron chi connectivity index (χ4n) is 2.86. The summed E-state index contributed by atoms with van der Waals surface area (Å²) in [5, 5.41) is 10.3. The van der Waals surface area contributed by atoms with Gasteiger partial charge in [0, 0.05) is 0 Å². The Morgan fingerprint density at radius 3 is 2.41 bits per heavy atom. The van der Waals surface area contributed by atoms with Gasteiger partial charge in [0.05, 0.1) is 6.10 Å². The Morgan fingerprint density at radius 2 is 1.82 bits per heavy atom. The molecule has 94 valence electrons. The van der Waals surface area contributed by atoms with Gasteiger partial charge >= 0.3 is 0 Å². The molecule has 0 radical (unpaired) electrons. The maximum atomic E-state index is 10.3. The van der Waals surface area contributed by atoms with Crippen molar-refractivity contribution < 1.29 is 5.11 Å². The first kappa shape index (κ1) is 12.6. The SMILES string of the molecule is CCC(CC)CC(O)C1CC1c1ccccc1. The van der Waals surface area contributed by atoms with E-state index in [0.717, 1.165) is 6.42 Å². The molecule has 1 N–H and O–H groups in total. The maximum Gasteiger partial charge on any atom is 0.0577 e. The Bertz CT molecular complexity index is 329. The van der Waals surface area contributed by atoms with Gasteiger partial charge in [-0.1, -0.05) is 57.0 Å². The average Bonchev–Trinajstić information content (AvgIpc) is 3.17. The first-order valence-corrected chi connectivity index (χ1v) is 6.99. The molecule has 1 saturated carbocycles. The van der Waals surface area contributed by atoms with E-state index in [0.29, 0.717) is 17.8 Å². The molecule has 0 saturated heterocycles. The largest absolute Gasteiger partial charge is 0.393 e. The molecule has 1 nitrogen and oxygen atoms in total. The van der Waals surface area contributed by atoms with Gasteiger partial charge in [0.25, 0.3) is 0 Å². The van der Waals surface area contributed by atoms with Gasteiger partial charge in [-0.05, 0) is 36.2 Å². The zero-order chi connectivity index (χ0) is 12.3. The first-order valence-electron chi connectivity index (χ1n) is 6.99. The smallest absolute Gasteiger partial charge is 0.0577 e. The lowest BCUT2D eigenvalue weighted by Gasteiger charge is -2.17. The summed E-state index contributed by atoms with van der Waals surface area (Å²) in [6, 6.07) is 10.6. The first-order chi connectivity index (χ1) is 8.26. The van der Waals surface area contributed by atoms with Crippen LogP contribution in [0.2, 0.25) is 0 Å². The summed E-state index contributed by atoms with van der Waals surface area (Å²) in [5.41, 5.74) is 1.40. The summed E-state index contributed by atoms with van der Waals surface area (Å²) >= 11 is 0. The minimum Gasteiger partial charge on any atom is -0.393 e. The van der Waals surface area contributed by atoms with Crippen molar-refractivity contribution in [2.45, 2.75) is 51.6 Å². The molecule has 3 atom stereocenters. The topological polar surface area (TPSA) is 20.2 Å². The third-order valence-electron chi connectivity index (χ3n) is 4.29. The van der Waals surface area contributed by atoms with Crippen molar-refractivity contribution >= 4 is 0 Å². The lowest BCUT2D eigenvalue weighted by atomic mass is 9.93. The number of aliphatic hydroxyl groups excluding tert-OH is 1. The van der Waals surface area contributed by atoms with E-state index in [1.54, 1.807) is 0 Å². The molecule has 3 unspecified atom stereocenters. The quantitative estimate of drug-likeness (QED) is 0.786. The summed E-state index contributed by atoms with van der Waals surface area (Å²) in [6.45, 7) is 4.45. The highest BCUT2D eigenvalue weighted by Gasteiger charge is 2.43. The normalized spacial score (nSPS) is 24.9. The Kier molecular flexibility index (Phi) is 4.22. The Labute approximate surface area is 105 Å². The molecule has 0 heterocycles. The second-order valence-corrected chi connectivity index (χ2v) is 5.40. The van der Waals surface area contributed by atoms with Crippen LogP contribution in [0.5, 0.6) is 0 Å². The van der Waals surface area contributed by atoms with Gasteiger partial charge in [0.1, 0.15) is 0 Å². The van der Waals surface area contributed by atoms with Crippen LogP contribution in [0.4, 0.5) is 0 Å². The highest BCUT2D eigenvalue weighted by molar-refractivity contribution is 5.26. The highest BCUT2D eigenvalue weighted by atomic mass is 16.3. The fourth-order valence-corrected chi connectivity index (χ4v) is 2.86. The molecule has 2 rings (SSSR count). The number of benzene rings is 1. The van der Waals surface area contributed by atoms with Gasteiger partial charge < -0.3 is 5.11 Å². The van der Waals surface area contributed by atoms with Crippen LogP contribution in [0.25, 0.3) is 0 Å². The van der Waals surface area contributed by atoms with Crippen LogP contribution in [0.3, 0.4) is 0 Å². The molecule has 0 spiro atoms. The van der Waals surface area contributed by atoms with Gasteiger partial charge in [-0.2, -0.15) is 0 Å². The second kappa shape index (κ2) is 5.68. The summed E-state index contributed by atoms with van der Waals surface area (Å²) in [6.07, 6.45) is 4.45. The zero-order valence-electron chi connectivity index (χ0n) is 11.0. The molecular weight excluding hydrogens is 208 g/mol. The molecular formula is C16H24O. The summed E-state index contributed by atoms with van der Waals surface area (Å²) in [4.78, 5) is 0. The van der Waals surface area contributed by atoms with Crippen LogP contribution in [-0.2, 0) is 0 Å². The summed E-state index contributed by atoms with van der Waals surface area (Å²) in [7, 11) is 0. The number of aliphatic hydroxyl groups is 1. The van der Waals surface area contributed by atoms with E-state index in [4.69, 9.17) is 0 Å². The summed E-state index contributed by atoms with van der Waals surface area (Å²) in [5.74, 6) is 1.82. The predicted octanol–water partition coefficient (Wildman–Crippen LogP) is 3.98. The number of rotatable bonds is 6. The van der Waals surface area contributed by atoms with Crippen molar-refractivity contribution in [1.82, 2.24) is 0 Å². The van der Waals surface area contributed by atoms with Crippen molar-refractivity contribution in [1.29, 1.82) is 0 Å². The molecule has 17 heavy (non-hydrogen) atoms. The molecule has 1 heteroatoms. The molecule has 1 aromatic carbocycles. The van der Waals surface area contributed by atoms with Crippen LogP contribution in [0, 0.1) is 11.8 Å². The standard InChI is InChI=1S/C16H24O/c1-3-12(4-2)10-16(17)15-11-14(15)13-8-6-5-7-9-13/h5-9,12,14-17H,3-4,10-11H2,1-2H3. The highest BCUT2D eigenvalue weighted by Crippen LogP contribution is 2.50. The molecule has 1 fully saturated rings. The Balaban J connectivity index is 1.86. The summed E-state index contributed by atoms with van der Waals surface area (Å²) < 4.78 is 0. The van der Waals surface area contributed by atoms with Crippen molar-refractivity contribution in [3.8, 4) is 0 Å². The predicted molar refractivity (Wildman–Crippen MR) is 72.0 cm³/mol. The monoisotopic (exact) mass is 232 g/mol. The van der Waals surface area contributed by atoms with E-state index in [1.807, 2.05) is 0 Å². The fraction of sp³-hybridized carbons (Fsp3) is 0.625. The molecule has 1 aliphatic carbocycles. The zero-order valence-corrected chi connectivity index (χ0v) is 11.0. The molecule has 0 bridgehead atoms. The molecule has 0 amide bonds. The maximum absolute atomic E-state index is 10.3. The van der Waals surface area contributed by atoms with Crippen LogP contribution in [0.15, 0.2) is 30.3 Å². The van der Waals surface area contributed by atoms with Crippen LogP contribution >= 0.6 is 0 Å². The average molecular weight is 232 g/mol. The van der Waals surface area contributed by atoms with Crippen molar-refractivity contribution in [3.63, 3.8) is 0 Å². The third-order valence-corrected chi connectivity index (χ3v) is 4.29. The van der Waals surface area contributed by atoms with Gasteiger partial charge in [-0.15, -0.1) is 0 Å². The van der Waals surface area contributed by atoms with Gasteiger partial charge in [-0.25, -0.2) is 0 Å². The minimum absolute atomic E-state index is 0.0925. The van der Waals surface area contributed by atoms with E-state index in [-0.39, 0.29) is 6.10 Å². The minimum atomic E-state index is -0.0925. The van der Waals surface area contributed by atoms with E-state index in [2.05, 4.69) is 44.2 Å². The molecule has 0 aliphatic heterocycles. The van der Waals surface area contributed by atoms with Crippen molar-refractivity contribution in [3.05, 3.63) is 35.9 Å². The van der Waals surface area contributed by atoms with Gasteiger partial charge in [0.2, 0.25) is 0 Å². The second-order valence-electron chi connectivity index (χ2n) is 5.40. The van der Waals surface area contributed by atoms with E-state index >= 15 is 0 Å². The van der Waals surface area contributed by atoms with E-state index in [9.17, 15) is 5.11 Å². The lowest BCUT2D eigenvalue weighted by Crippen LogP contribution is -2.15. The third kappa shape index (κ3) is 3.10. The van der Waals surface area contributed by atoms with Crippen LogP contribution in [-0.4, -0.2) is 11.2 Å². The number of hydrogen-bond donors (Lipinski definition) is 1. The lowest BCUT2D eigenvalue weighted by molar-refractivity contribution is 0.116. The van der Waals surface area contributed by atoms with Crippen LogP contribution < -0.4 is 0 Å².